The summed E-state index contributed by atoms with van der Waals surface area (Å²) in [6.45, 7) is 0.350. The smallest absolute Gasteiger partial charge is 0.252 e. The van der Waals surface area contributed by atoms with Gasteiger partial charge in [0, 0.05) is 24.7 Å². The van der Waals surface area contributed by atoms with Crippen LogP contribution < -0.4 is 5.32 Å². The fourth-order valence-corrected chi connectivity index (χ4v) is 1.15. The quantitative estimate of drug-likeness (QED) is 0.810. The van der Waals surface area contributed by atoms with Crippen LogP contribution in [0.25, 0.3) is 0 Å². The predicted molar refractivity (Wildman–Crippen MR) is 56.3 cm³/mol. The first kappa shape index (κ1) is 10.2. The monoisotopic (exact) mass is 213 g/mol. The number of nitrogens with zero attached hydrogens (tertiary/aromatic N) is 3. The molecule has 2 heterocycles. The molecule has 2 aromatic rings. The fourth-order valence-electron chi connectivity index (χ4n) is 1.15. The largest absolute Gasteiger partial charge is 0.346 e. The minimum Gasteiger partial charge on any atom is -0.346 e. The number of aromatic nitrogens is 3. The Morgan fingerprint density at radius 1 is 1.38 bits per heavy atom. The van der Waals surface area contributed by atoms with Gasteiger partial charge in [0.2, 0.25) is 0 Å². The van der Waals surface area contributed by atoms with E-state index in [4.69, 9.17) is 0 Å². The van der Waals surface area contributed by atoms with Crippen LogP contribution in [0.3, 0.4) is 0 Å². The summed E-state index contributed by atoms with van der Waals surface area (Å²) in [5.74, 6) is -0.201. The molecule has 0 unspecified atom stereocenters. The van der Waals surface area contributed by atoms with E-state index < -0.39 is 0 Å². The first-order valence-electron chi connectivity index (χ1n) is 4.73. The molecular formula is C11H9N4O. The van der Waals surface area contributed by atoms with E-state index in [0.29, 0.717) is 17.8 Å². The van der Waals surface area contributed by atoms with Crippen LogP contribution in [-0.2, 0) is 6.54 Å². The highest BCUT2D eigenvalue weighted by molar-refractivity contribution is 5.93. The van der Waals surface area contributed by atoms with Gasteiger partial charge in [-0.2, -0.15) is 10.2 Å². The van der Waals surface area contributed by atoms with Crippen LogP contribution in [-0.4, -0.2) is 21.1 Å². The Morgan fingerprint density at radius 3 is 3.00 bits per heavy atom. The minimum absolute atomic E-state index is 0.201. The highest BCUT2D eigenvalue weighted by Gasteiger charge is 2.04. The van der Waals surface area contributed by atoms with Crippen LogP contribution >= 0.6 is 0 Å². The van der Waals surface area contributed by atoms with Gasteiger partial charge in [0.05, 0.1) is 17.8 Å². The zero-order chi connectivity index (χ0) is 11.2. The van der Waals surface area contributed by atoms with Crippen LogP contribution in [0.2, 0.25) is 0 Å². The lowest BCUT2D eigenvalue weighted by molar-refractivity contribution is 0.0950. The van der Waals surface area contributed by atoms with Gasteiger partial charge in [-0.15, -0.1) is 0 Å². The van der Waals surface area contributed by atoms with E-state index in [1.165, 1.54) is 6.20 Å². The fraction of sp³-hybridized carbons (Fsp3) is 0.0909. The van der Waals surface area contributed by atoms with Gasteiger partial charge in [0.25, 0.3) is 5.91 Å². The predicted octanol–water partition coefficient (Wildman–Crippen LogP) is 0.602. The third kappa shape index (κ3) is 2.60. The highest BCUT2D eigenvalue weighted by atomic mass is 16.1. The van der Waals surface area contributed by atoms with Gasteiger partial charge in [0.1, 0.15) is 0 Å². The summed E-state index contributed by atoms with van der Waals surface area (Å²) in [7, 11) is 0. The second-order valence-electron chi connectivity index (χ2n) is 3.05. The molecule has 0 saturated heterocycles. The lowest BCUT2D eigenvalue weighted by Crippen LogP contribution is -2.23. The average Bonchev–Trinajstić information content (AvgIpc) is 2.38. The van der Waals surface area contributed by atoms with Crippen molar-refractivity contribution in [1.29, 1.82) is 0 Å². The van der Waals surface area contributed by atoms with Crippen molar-refractivity contribution in [2.24, 2.45) is 0 Å². The maximum Gasteiger partial charge on any atom is 0.252 e. The van der Waals surface area contributed by atoms with E-state index in [1.54, 1.807) is 30.6 Å². The molecule has 0 aliphatic carbocycles. The molecule has 0 aliphatic rings. The molecule has 5 heteroatoms. The lowest BCUT2D eigenvalue weighted by atomic mass is 10.2. The number of carbonyl (C=O) groups is 1. The van der Waals surface area contributed by atoms with Crippen LogP contribution in [0.15, 0.2) is 36.8 Å². The maximum absolute atomic E-state index is 11.6. The first-order valence-corrected chi connectivity index (χ1v) is 4.73. The molecule has 0 aliphatic heterocycles. The third-order valence-electron chi connectivity index (χ3n) is 1.92. The molecule has 1 N–H and O–H groups in total. The second kappa shape index (κ2) is 4.97. The van der Waals surface area contributed by atoms with Crippen molar-refractivity contribution in [2.45, 2.75) is 6.54 Å². The Labute approximate surface area is 92.6 Å². The van der Waals surface area contributed by atoms with E-state index in [9.17, 15) is 4.79 Å². The molecule has 0 fully saturated rings. The summed E-state index contributed by atoms with van der Waals surface area (Å²) < 4.78 is 0. The van der Waals surface area contributed by atoms with Crippen molar-refractivity contribution in [1.82, 2.24) is 20.5 Å². The molecule has 16 heavy (non-hydrogen) atoms. The molecule has 0 saturated carbocycles. The second-order valence-corrected chi connectivity index (χ2v) is 3.05. The summed E-state index contributed by atoms with van der Waals surface area (Å²) >= 11 is 0. The zero-order valence-corrected chi connectivity index (χ0v) is 8.42. The van der Waals surface area contributed by atoms with Crippen molar-refractivity contribution in [3.8, 4) is 0 Å². The van der Waals surface area contributed by atoms with Crippen molar-refractivity contribution in [3.05, 3.63) is 54.1 Å². The van der Waals surface area contributed by atoms with Gasteiger partial charge in [-0.25, -0.2) is 0 Å². The van der Waals surface area contributed by atoms with E-state index in [-0.39, 0.29) is 5.91 Å². The Balaban J connectivity index is 1.95. The molecule has 5 nitrogen and oxygen atoms in total. The van der Waals surface area contributed by atoms with Gasteiger partial charge in [-0.3, -0.25) is 9.78 Å². The Hall–Kier alpha value is -2.30. The summed E-state index contributed by atoms with van der Waals surface area (Å²) in [5.41, 5.74) is 1.17. The number of rotatable bonds is 3. The molecule has 0 spiro atoms. The number of amides is 1. The van der Waals surface area contributed by atoms with Gasteiger partial charge in [0.15, 0.2) is 0 Å². The normalized spacial score (nSPS) is 9.75. The number of pyridine rings is 1. The van der Waals surface area contributed by atoms with Crippen LogP contribution in [0.4, 0.5) is 0 Å². The molecule has 0 atom stereocenters. The van der Waals surface area contributed by atoms with E-state index in [2.05, 4.69) is 26.6 Å². The van der Waals surface area contributed by atoms with Gasteiger partial charge < -0.3 is 5.32 Å². The Morgan fingerprint density at radius 2 is 2.31 bits per heavy atom. The Kier molecular flexibility index (Phi) is 3.18. The van der Waals surface area contributed by atoms with E-state index in [0.717, 1.165) is 0 Å². The summed E-state index contributed by atoms with van der Waals surface area (Å²) in [4.78, 5) is 15.4. The van der Waals surface area contributed by atoms with E-state index >= 15 is 0 Å². The number of nitrogens with one attached hydrogen (secondary N) is 1. The topological polar surface area (TPSA) is 67.8 Å². The van der Waals surface area contributed by atoms with Gasteiger partial charge in [-0.1, -0.05) is 0 Å². The number of carbonyl (C=O) groups excluding carboxylic acids is 1. The average molecular weight is 213 g/mol. The van der Waals surface area contributed by atoms with Crippen LogP contribution in [0.1, 0.15) is 16.1 Å². The molecule has 79 valence electrons. The molecule has 0 bridgehead atoms. The van der Waals surface area contributed by atoms with Gasteiger partial charge in [-0.05, 0) is 18.2 Å². The SMILES string of the molecule is O=C(NCc1cccnn1)c1[c]cncc1. The standard InChI is InChI=1S/C11H9N4O/c16-11(9-3-6-12-7-4-9)13-8-10-2-1-5-14-15-10/h1-3,5-7H,8H2,(H,13,16). The molecule has 2 aromatic heterocycles. The summed E-state index contributed by atoms with van der Waals surface area (Å²) in [5, 5.41) is 10.3. The number of hydrogen-bond donors (Lipinski definition) is 1. The van der Waals surface area contributed by atoms with Crippen molar-refractivity contribution in [2.75, 3.05) is 0 Å². The summed E-state index contributed by atoms with van der Waals surface area (Å²) in [6, 6.07) is 7.91. The van der Waals surface area contributed by atoms with E-state index in [1.807, 2.05) is 0 Å². The first-order chi connectivity index (χ1) is 7.86. The Bertz CT molecular complexity index is 458. The summed E-state index contributed by atoms with van der Waals surface area (Å²) in [6.07, 6.45) is 4.59. The van der Waals surface area contributed by atoms with Crippen molar-refractivity contribution in [3.63, 3.8) is 0 Å². The van der Waals surface area contributed by atoms with Crippen LogP contribution in [0.5, 0.6) is 0 Å². The zero-order valence-electron chi connectivity index (χ0n) is 8.42. The molecular weight excluding hydrogens is 204 g/mol. The van der Waals surface area contributed by atoms with Gasteiger partial charge >= 0.3 is 0 Å². The van der Waals surface area contributed by atoms with Crippen molar-refractivity contribution < 1.29 is 4.79 Å². The molecule has 0 aromatic carbocycles. The number of hydrogen-bond acceptors (Lipinski definition) is 4. The molecule has 1 amide bonds. The molecule has 1 radical (unpaired) electrons. The lowest BCUT2D eigenvalue weighted by Gasteiger charge is -2.03. The molecule has 2 rings (SSSR count). The minimum atomic E-state index is -0.201. The highest BCUT2D eigenvalue weighted by Crippen LogP contribution is 1.96. The van der Waals surface area contributed by atoms with Crippen molar-refractivity contribution >= 4 is 5.91 Å². The maximum atomic E-state index is 11.6. The third-order valence-corrected chi connectivity index (χ3v) is 1.92. The van der Waals surface area contributed by atoms with Crippen LogP contribution in [0, 0.1) is 6.07 Å².